The summed E-state index contributed by atoms with van der Waals surface area (Å²) in [5, 5.41) is 0.0639. The van der Waals surface area contributed by atoms with E-state index in [1.165, 1.54) is 23.1 Å². The minimum absolute atomic E-state index is 0.0639. The van der Waals surface area contributed by atoms with Crippen LogP contribution in [0.3, 0.4) is 0 Å². The maximum Gasteiger partial charge on any atom is 0.238 e. The number of sulfone groups is 1. The second kappa shape index (κ2) is 5.99. The molecule has 0 aliphatic carbocycles. The molecule has 1 aliphatic rings. The molecule has 1 fully saturated rings. The highest BCUT2D eigenvalue weighted by Crippen LogP contribution is 2.25. The quantitative estimate of drug-likeness (QED) is 0.822. The number of benzene rings is 1. The maximum absolute atomic E-state index is 12.2. The van der Waals surface area contributed by atoms with E-state index in [1.54, 1.807) is 0 Å². The van der Waals surface area contributed by atoms with Gasteiger partial charge >= 0.3 is 0 Å². The number of nitrogen functional groups attached to an aromatic ring is 1. The molecular weight excluding hydrogens is 304 g/mol. The van der Waals surface area contributed by atoms with Crippen molar-refractivity contribution >= 4 is 33.0 Å². The van der Waals surface area contributed by atoms with Gasteiger partial charge in [-0.25, -0.2) is 8.42 Å². The number of hydrogen-bond donors (Lipinski definition) is 1. The molecule has 2 N–H and O–H groups in total. The lowest BCUT2D eigenvalue weighted by molar-refractivity contribution is -0.132. The minimum atomic E-state index is -3.81. The van der Waals surface area contributed by atoms with Crippen molar-refractivity contribution in [2.45, 2.75) is 4.90 Å². The van der Waals surface area contributed by atoms with Crippen molar-refractivity contribution in [2.75, 3.05) is 37.8 Å². The van der Waals surface area contributed by atoms with Crippen LogP contribution in [0.15, 0.2) is 23.1 Å². The van der Waals surface area contributed by atoms with Gasteiger partial charge in [0.1, 0.15) is 5.75 Å². The Kier molecular flexibility index (Phi) is 4.52. The van der Waals surface area contributed by atoms with E-state index in [2.05, 4.69) is 0 Å². The molecule has 8 heteroatoms. The predicted octanol–water partition coefficient (Wildman–Crippen LogP) is 0.555. The molecule has 1 aromatic rings. The van der Waals surface area contributed by atoms with Crippen LogP contribution in [-0.2, 0) is 19.4 Å². The van der Waals surface area contributed by atoms with E-state index in [4.69, 9.17) is 22.1 Å². The lowest BCUT2D eigenvalue weighted by Crippen LogP contribution is -2.43. The molecule has 110 valence electrons. The monoisotopic (exact) mass is 318 g/mol. The van der Waals surface area contributed by atoms with E-state index >= 15 is 0 Å². The largest absolute Gasteiger partial charge is 0.399 e. The molecule has 20 heavy (non-hydrogen) atoms. The fourth-order valence-electron chi connectivity index (χ4n) is 1.90. The topological polar surface area (TPSA) is 89.7 Å². The van der Waals surface area contributed by atoms with Crippen LogP contribution in [0, 0.1) is 0 Å². The molecule has 0 radical (unpaired) electrons. The van der Waals surface area contributed by atoms with Crippen LogP contribution in [0.5, 0.6) is 0 Å². The van der Waals surface area contributed by atoms with Crippen molar-refractivity contribution in [3.05, 3.63) is 23.2 Å². The van der Waals surface area contributed by atoms with Gasteiger partial charge in [-0.1, -0.05) is 11.6 Å². The number of amides is 1. The van der Waals surface area contributed by atoms with Crippen LogP contribution in [0.2, 0.25) is 5.02 Å². The molecule has 0 spiro atoms. The Hall–Kier alpha value is -1.31. The zero-order chi connectivity index (χ0) is 14.8. The smallest absolute Gasteiger partial charge is 0.238 e. The molecule has 2 rings (SSSR count). The molecule has 1 heterocycles. The summed E-state index contributed by atoms with van der Waals surface area (Å²) in [5.74, 6) is -1.07. The number of carbonyl (C=O) groups excluding carboxylic acids is 1. The first-order valence-corrected chi connectivity index (χ1v) is 8.06. The van der Waals surface area contributed by atoms with Crippen molar-refractivity contribution in [3.63, 3.8) is 0 Å². The fourth-order valence-corrected chi connectivity index (χ4v) is 3.72. The molecule has 0 bridgehead atoms. The van der Waals surface area contributed by atoms with E-state index in [0.29, 0.717) is 26.3 Å². The molecular formula is C12H15ClN2O4S. The molecule has 1 aromatic carbocycles. The number of carbonyl (C=O) groups is 1. The summed E-state index contributed by atoms with van der Waals surface area (Å²) in [6, 6.07) is 4.18. The highest BCUT2D eigenvalue weighted by Gasteiger charge is 2.26. The molecule has 0 atom stereocenters. The van der Waals surface area contributed by atoms with Gasteiger partial charge in [0.05, 0.1) is 23.1 Å². The zero-order valence-electron chi connectivity index (χ0n) is 10.7. The Labute approximate surface area is 122 Å². The Morgan fingerprint density at radius 3 is 2.65 bits per heavy atom. The molecule has 0 saturated carbocycles. The lowest BCUT2D eigenvalue weighted by Gasteiger charge is -2.26. The van der Waals surface area contributed by atoms with Crippen molar-refractivity contribution < 1.29 is 17.9 Å². The number of nitrogens with zero attached hydrogens (tertiary/aromatic N) is 1. The standard InChI is InChI=1S/C12H15ClN2O4S/c13-10-2-1-9(14)7-11(10)20(17,18)8-12(16)15-3-5-19-6-4-15/h1-2,7H,3-6,8,14H2. The average molecular weight is 319 g/mol. The second-order valence-corrected chi connectivity index (χ2v) is 6.81. The number of nitrogens with two attached hydrogens (primary N) is 1. The number of rotatable bonds is 3. The van der Waals surface area contributed by atoms with Crippen LogP contribution in [0.25, 0.3) is 0 Å². The van der Waals surface area contributed by atoms with E-state index in [0.717, 1.165) is 0 Å². The average Bonchev–Trinajstić information content (AvgIpc) is 2.42. The summed E-state index contributed by atoms with van der Waals surface area (Å²) >= 11 is 5.87. The van der Waals surface area contributed by atoms with E-state index < -0.39 is 21.5 Å². The first kappa shape index (κ1) is 15.1. The third-order valence-electron chi connectivity index (χ3n) is 2.97. The SMILES string of the molecule is Nc1ccc(Cl)c(S(=O)(=O)CC(=O)N2CCOCC2)c1. The highest BCUT2D eigenvalue weighted by atomic mass is 35.5. The van der Waals surface area contributed by atoms with Crippen molar-refractivity contribution in [1.29, 1.82) is 0 Å². The fraction of sp³-hybridized carbons (Fsp3) is 0.417. The van der Waals surface area contributed by atoms with Crippen molar-refractivity contribution in [3.8, 4) is 0 Å². The number of anilines is 1. The van der Waals surface area contributed by atoms with E-state index in [9.17, 15) is 13.2 Å². The Balaban J connectivity index is 2.18. The predicted molar refractivity (Wildman–Crippen MR) is 75.3 cm³/mol. The van der Waals surface area contributed by atoms with Crippen LogP contribution in [-0.4, -0.2) is 51.3 Å². The van der Waals surface area contributed by atoms with Crippen LogP contribution in [0.1, 0.15) is 0 Å². The van der Waals surface area contributed by atoms with Gasteiger partial charge < -0.3 is 15.4 Å². The summed E-state index contributed by atoms with van der Waals surface area (Å²) < 4.78 is 29.6. The summed E-state index contributed by atoms with van der Waals surface area (Å²) in [7, 11) is -3.81. The summed E-state index contributed by atoms with van der Waals surface area (Å²) in [4.78, 5) is 13.4. The van der Waals surface area contributed by atoms with Gasteiger partial charge in [-0.2, -0.15) is 0 Å². The Bertz CT molecular complexity index is 612. The number of morpholine rings is 1. The number of ether oxygens (including phenoxy) is 1. The van der Waals surface area contributed by atoms with Gasteiger partial charge in [-0.15, -0.1) is 0 Å². The maximum atomic E-state index is 12.2. The Morgan fingerprint density at radius 1 is 1.35 bits per heavy atom. The van der Waals surface area contributed by atoms with Crippen LogP contribution >= 0.6 is 11.6 Å². The molecule has 1 saturated heterocycles. The first-order valence-electron chi connectivity index (χ1n) is 6.03. The van der Waals surface area contributed by atoms with E-state index in [1.807, 2.05) is 0 Å². The summed E-state index contributed by atoms with van der Waals surface area (Å²) in [5.41, 5.74) is 5.85. The highest BCUT2D eigenvalue weighted by molar-refractivity contribution is 7.92. The van der Waals surface area contributed by atoms with Crippen LogP contribution < -0.4 is 5.73 Å². The van der Waals surface area contributed by atoms with Gasteiger partial charge in [-0.05, 0) is 18.2 Å². The summed E-state index contributed by atoms with van der Waals surface area (Å²) in [6.45, 7) is 1.65. The molecule has 6 nitrogen and oxygen atoms in total. The minimum Gasteiger partial charge on any atom is -0.399 e. The van der Waals surface area contributed by atoms with Gasteiger partial charge in [0.15, 0.2) is 9.84 Å². The molecule has 1 aliphatic heterocycles. The molecule has 0 unspecified atom stereocenters. The number of halogens is 1. The molecule has 0 aromatic heterocycles. The Morgan fingerprint density at radius 2 is 2.00 bits per heavy atom. The van der Waals surface area contributed by atoms with Gasteiger partial charge in [0.2, 0.25) is 5.91 Å². The number of hydrogen-bond acceptors (Lipinski definition) is 5. The van der Waals surface area contributed by atoms with Crippen molar-refractivity contribution in [1.82, 2.24) is 4.90 Å². The van der Waals surface area contributed by atoms with Crippen LogP contribution in [0.4, 0.5) is 5.69 Å². The third kappa shape index (κ3) is 3.41. The third-order valence-corrected chi connectivity index (χ3v) is 5.04. The lowest BCUT2D eigenvalue weighted by atomic mass is 10.3. The van der Waals surface area contributed by atoms with Gasteiger partial charge in [0.25, 0.3) is 0 Å². The van der Waals surface area contributed by atoms with Gasteiger partial charge in [0, 0.05) is 18.8 Å². The normalized spacial score (nSPS) is 16.1. The zero-order valence-corrected chi connectivity index (χ0v) is 12.3. The first-order chi connectivity index (χ1) is 9.40. The summed E-state index contributed by atoms with van der Waals surface area (Å²) in [6.07, 6.45) is 0. The van der Waals surface area contributed by atoms with Crippen molar-refractivity contribution in [2.24, 2.45) is 0 Å². The van der Waals surface area contributed by atoms with E-state index in [-0.39, 0.29) is 15.6 Å². The van der Waals surface area contributed by atoms with Gasteiger partial charge in [-0.3, -0.25) is 4.79 Å². The second-order valence-electron chi connectivity index (χ2n) is 4.44. The molecule has 1 amide bonds.